The number of halogens is 1. The maximum Gasteiger partial charge on any atom is 0.123 e. The van der Waals surface area contributed by atoms with Gasteiger partial charge < -0.3 is 5.32 Å². The van der Waals surface area contributed by atoms with Gasteiger partial charge in [-0.25, -0.2) is 4.39 Å². The van der Waals surface area contributed by atoms with E-state index in [1.807, 2.05) is 12.1 Å². The summed E-state index contributed by atoms with van der Waals surface area (Å²) in [6, 6.07) is 7.22. The van der Waals surface area contributed by atoms with Crippen LogP contribution in [0.2, 0.25) is 0 Å². The van der Waals surface area contributed by atoms with E-state index >= 15 is 0 Å². The van der Waals surface area contributed by atoms with E-state index in [-0.39, 0.29) is 11.4 Å². The average molecular weight is 236 g/mol. The maximum atomic E-state index is 13.0. The van der Waals surface area contributed by atoms with Gasteiger partial charge in [-0.2, -0.15) is 0 Å². The van der Waals surface area contributed by atoms with Crippen LogP contribution in [0.3, 0.4) is 0 Å². The molecule has 1 aliphatic rings. The molecular weight excluding hydrogens is 215 g/mol. The Hall–Kier alpha value is -0.930. The summed E-state index contributed by atoms with van der Waals surface area (Å²) < 4.78 is 13.0. The lowest BCUT2D eigenvalue weighted by Crippen LogP contribution is -2.53. The number of rotatable bonds is 1. The van der Waals surface area contributed by atoms with E-state index in [1.54, 1.807) is 12.1 Å². The van der Waals surface area contributed by atoms with Crippen molar-refractivity contribution >= 4 is 0 Å². The molecule has 2 rings (SSSR count). The van der Waals surface area contributed by atoms with Crippen LogP contribution in [0.25, 0.3) is 0 Å². The SMILES string of the molecule is CC(C)(C)N1CCNC[C@H]1c1ccc(F)cc1. The lowest BCUT2D eigenvalue weighted by Gasteiger charge is -2.45. The first kappa shape index (κ1) is 12.5. The Kier molecular flexibility index (Phi) is 3.50. The highest BCUT2D eigenvalue weighted by molar-refractivity contribution is 5.21. The van der Waals surface area contributed by atoms with E-state index in [9.17, 15) is 4.39 Å². The zero-order chi connectivity index (χ0) is 12.5. The Bertz CT molecular complexity index is 367. The predicted molar refractivity (Wildman–Crippen MR) is 68.5 cm³/mol. The standard InChI is InChI=1S/C14H21FN2/c1-14(2,3)17-9-8-16-10-13(17)11-4-6-12(15)7-5-11/h4-7,13,16H,8-10H2,1-3H3/t13-/m0/s1. The van der Waals surface area contributed by atoms with Gasteiger partial charge in [0.1, 0.15) is 5.82 Å². The largest absolute Gasteiger partial charge is 0.314 e. The topological polar surface area (TPSA) is 15.3 Å². The molecule has 0 bridgehead atoms. The molecule has 1 saturated heterocycles. The fourth-order valence-corrected chi connectivity index (χ4v) is 2.49. The van der Waals surface area contributed by atoms with Crippen LogP contribution >= 0.6 is 0 Å². The van der Waals surface area contributed by atoms with Crippen LogP contribution in [0.1, 0.15) is 32.4 Å². The molecule has 0 amide bonds. The second kappa shape index (κ2) is 4.75. The van der Waals surface area contributed by atoms with E-state index in [0.717, 1.165) is 19.6 Å². The third kappa shape index (κ3) is 2.85. The second-order valence-corrected chi connectivity index (χ2v) is 5.64. The molecule has 0 saturated carbocycles. The van der Waals surface area contributed by atoms with Crippen LogP contribution < -0.4 is 5.32 Å². The predicted octanol–water partition coefficient (Wildman–Crippen LogP) is 2.57. The molecule has 2 nitrogen and oxygen atoms in total. The van der Waals surface area contributed by atoms with Gasteiger partial charge in [-0.15, -0.1) is 0 Å². The highest BCUT2D eigenvalue weighted by Crippen LogP contribution is 2.29. The molecule has 94 valence electrons. The number of nitrogens with one attached hydrogen (secondary N) is 1. The van der Waals surface area contributed by atoms with Gasteiger partial charge in [0.25, 0.3) is 0 Å². The normalized spacial score (nSPS) is 22.7. The number of nitrogens with zero attached hydrogens (tertiary/aromatic N) is 1. The Morgan fingerprint density at radius 3 is 2.47 bits per heavy atom. The van der Waals surface area contributed by atoms with Gasteiger partial charge in [0.2, 0.25) is 0 Å². The third-order valence-electron chi connectivity index (χ3n) is 3.36. The van der Waals surface area contributed by atoms with E-state index in [0.29, 0.717) is 6.04 Å². The van der Waals surface area contributed by atoms with E-state index in [2.05, 4.69) is 31.0 Å². The summed E-state index contributed by atoms with van der Waals surface area (Å²) in [6.07, 6.45) is 0. The van der Waals surface area contributed by atoms with Crippen molar-refractivity contribution in [1.82, 2.24) is 10.2 Å². The molecule has 1 heterocycles. The van der Waals surface area contributed by atoms with E-state index in [1.165, 1.54) is 5.56 Å². The van der Waals surface area contributed by atoms with Gasteiger partial charge >= 0.3 is 0 Å². The fraction of sp³-hybridized carbons (Fsp3) is 0.571. The van der Waals surface area contributed by atoms with Crippen LogP contribution in [0, 0.1) is 5.82 Å². The molecule has 0 aliphatic carbocycles. The summed E-state index contributed by atoms with van der Waals surface area (Å²) in [5.41, 5.74) is 1.33. The van der Waals surface area contributed by atoms with Crippen molar-refractivity contribution in [3.8, 4) is 0 Å². The van der Waals surface area contributed by atoms with Crippen molar-refractivity contribution in [3.05, 3.63) is 35.6 Å². The van der Waals surface area contributed by atoms with Gasteiger partial charge in [-0.3, -0.25) is 4.90 Å². The monoisotopic (exact) mass is 236 g/mol. The smallest absolute Gasteiger partial charge is 0.123 e. The van der Waals surface area contributed by atoms with Gasteiger partial charge in [0.05, 0.1) is 0 Å². The Morgan fingerprint density at radius 1 is 1.24 bits per heavy atom. The molecular formula is C14H21FN2. The van der Waals surface area contributed by atoms with Crippen molar-refractivity contribution in [3.63, 3.8) is 0 Å². The maximum absolute atomic E-state index is 13.0. The highest BCUT2D eigenvalue weighted by atomic mass is 19.1. The molecule has 17 heavy (non-hydrogen) atoms. The summed E-state index contributed by atoms with van der Waals surface area (Å²) >= 11 is 0. The minimum absolute atomic E-state index is 0.140. The molecule has 1 fully saturated rings. The van der Waals surface area contributed by atoms with E-state index in [4.69, 9.17) is 0 Å². The molecule has 1 atom stereocenters. The molecule has 3 heteroatoms. The van der Waals surface area contributed by atoms with Crippen LogP contribution in [0.5, 0.6) is 0 Å². The number of hydrogen-bond acceptors (Lipinski definition) is 2. The molecule has 0 radical (unpaired) electrons. The average Bonchev–Trinajstić information content (AvgIpc) is 2.29. The molecule has 1 aromatic carbocycles. The quantitative estimate of drug-likeness (QED) is 0.806. The van der Waals surface area contributed by atoms with Crippen molar-refractivity contribution in [2.24, 2.45) is 0 Å². The van der Waals surface area contributed by atoms with Crippen molar-refractivity contribution in [2.45, 2.75) is 32.4 Å². The first-order valence-corrected chi connectivity index (χ1v) is 6.21. The first-order valence-electron chi connectivity index (χ1n) is 6.21. The first-order chi connectivity index (χ1) is 7.98. The Morgan fingerprint density at radius 2 is 1.88 bits per heavy atom. The van der Waals surface area contributed by atoms with Gasteiger partial charge in [-0.1, -0.05) is 12.1 Å². The van der Waals surface area contributed by atoms with Crippen LogP contribution in [0.4, 0.5) is 4.39 Å². The van der Waals surface area contributed by atoms with Crippen molar-refractivity contribution in [2.75, 3.05) is 19.6 Å². The summed E-state index contributed by atoms with van der Waals surface area (Å²) in [5.74, 6) is -0.167. The lowest BCUT2D eigenvalue weighted by molar-refractivity contribution is 0.0607. The van der Waals surface area contributed by atoms with Gasteiger partial charge in [0.15, 0.2) is 0 Å². The summed E-state index contributed by atoms with van der Waals surface area (Å²) in [7, 11) is 0. The molecule has 0 aromatic heterocycles. The molecule has 0 unspecified atom stereocenters. The lowest BCUT2D eigenvalue weighted by atomic mass is 9.96. The van der Waals surface area contributed by atoms with Crippen LogP contribution in [-0.4, -0.2) is 30.1 Å². The molecule has 0 spiro atoms. The third-order valence-corrected chi connectivity index (χ3v) is 3.36. The van der Waals surface area contributed by atoms with E-state index < -0.39 is 0 Å². The summed E-state index contributed by atoms with van der Waals surface area (Å²) in [4.78, 5) is 2.48. The minimum atomic E-state index is -0.167. The highest BCUT2D eigenvalue weighted by Gasteiger charge is 2.31. The fourth-order valence-electron chi connectivity index (χ4n) is 2.49. The summed E-state index contributed by atoms with van der Waals surface area (Å²) in [6.45, 7) is 9.68. The zero-order valence-corrected chi connectivity index (χ0v) is 10.8. The Labute approximate surface area is 103 Å². The minimum Gasteiger partial charge on any atom is -0.314 e. The number of benzene rings is 1. The Balaban J connectivity index is 2.25. The van der Waals surface area contributed by atoms with Crippen molar-refractivity contribution in [1.29, 1.82) is 0 Å². The van der Waals surface area contributed by atoms with Crippen LogP contribution in [0.15, 0.2) is 24.3 Å². The summed E-state index contributed by atoms with van der Waals surface area (Å²) in [5, 5.41) is 3.41. The number of hydrogen-bond donors (Lipinski definition) is 1. The second-order valence-electron chi connectivity index (χ2n) is 5.64. The van der Waals surface area contributed by atoms with Crippen LogP contribution in [-0.2, 0) is 0 Å². The molecule has 1 aromatic rings. The molecule has 1 aliphatic heterocycles. The molecule has 1 N–H and O–H groups in total. The van der Waals surface area contributed by atoms with Gasteiger partial charge in [0, 0.05) is 31.2 Å². The van der Waals surface area contributed by atoms with Gasteiger partial charge in [-0.05, 0) is 38.5 Å². The zero-order valence-electron chi connectivity index (χ0n) is 10.8. The van der Waals surface area contributed by atoms with Crippen molar-refractivity contribution < 1.29 is 4.39 Å². The number of piperazine rings is 1.